The molecular formula is C36H44Br2N2. The summed E-state index contributed by atoms with van der Waals surface area (Å²) in [6.07, 6.45) is 38.1. The molecule has 2 aromatic heterocycles. The fourth-order valence-electron chi connectivity index (χ4n) is 3.38. The highest BCUT2D eigenvalue weighted by molar-refractivity contribution is 5.52. The van der Waals surface area contributed by atoms with E-state index in [-0.39, 0.29) is 34.0 Å². The topological polar surface area (TPSA) is 7.76 Å². The molecule has 0 aliphatic rings. The van der Waals surface area contributed by atoms with Gasteiger partial charge in [-0.1, -0.05) is 107 Å². The van der Waals surface area contributed by atoms with Crippen molar-refractivity contribution >= 4 is 12.2 Å². The highest BCUT2D eigenvalue weighted by Crippen LogP contribution is 2.06. The molecule has 0 atom stereocenters. The van der Waals surface area contributed by atoms with Gasteiger partial charge in [-0.3, -0.25) is 0 Å². The summed E-state index contributed by atoms with van der Waals surface area (Å²) in [5.41, 5.74) is 7.26. The van der Waals surface area contributed by atoms with Crippen molar-refractivity contribution in [1.82, 2.24) is 0 Å². The van der Waals surface area contributed by atoms with Crippen LogP contribution in [-0.2, 0) is 13.1 Å². The van der Waals surface area contributed by atoms with Crippen molar-refractivity contribution in [2.45, 2.75) is 54.6 Å². The van der Waals surface area contributed by atoms with Gasteiger partial charge in [-0.05, 0) is 52.7 Å². The van der Waals surface area contributed by atoms with Gasteiger partial charge in [0.2, 0.25) is 0 Å². The molecule has 2 nitrogen and oxygen atoms in total. The second-order valence-electron chi connectivity index (χ2n) is 9.34. The molecule has 40 heavy (non-hydrogen) atoms. The molecule has 0 N–H and O–H groups in total. The summed E-state index contributed by atoms with van der Waals surface area (Å²) in [5, 5.41) is 0. The van der Waals surface area contributed by atoms with Crippen LogP contribution < -0.4 is 43.1 Å². The third kappa shape index (κ3) is 16.1. The smallest absolute Gasteiger partial charge is 0.169 e. The Morgan fingerprint density at radius 3 is 1.12 bits per heavy atom. The summed E-state index contributed by atoms with van der Waals surface area (Å²) in [6, 6.07) is 8.55. The van der Waals surface area contributed by atoms with E-state index in [9.17, 15) is 0 Å². The van der Waals surface area contributed by atoms with Gasteiger partial charge < -0.3 is 34.0 Å². The zero-order valence-electron chi connectivity index (χ0n) is 24.8. The van der Waals surface area contributed by atoms with Crippen LogP contribution in [0.15, 0.2) is 144 Å². The first-order valence-electron chi connectivity index (χ1n) is 13.5. The molecule has 0 spiro atoms. The van der Waals surface area contributed by atoms with E-state index in [1.807, 2.05) is 0 Å². The molecule has 2 heterocycles. The molecule has 0 unspecified atom stereocenters. The van der Waals surface area contributed by atoms with Crippen LogP contribution in [0.25, 0.3) is 12.2 Å². The SMILES string of the molecule is CC[n+]1ccc(/C=C/C(C)=C/C=C/C(C)=C/C=C/C=C(C)/C=C/C=C(C)/C=C/c2cc[n+](CC)cc2)cc1.[Br-].[Br-]. The molecule has 0 aromatic carbocycles. The Bertz CT molecular complexity index is 1180. The maximum absolute atomic E-state index is 2.16. The van der Waals surface area contributed by atoms with E-state index >= 15 is 0 Å². The molecule has 212 valence electrons. The number of allylic oxidation sites excluding steroid dienone is 16. The molecule has 0 saturated carbocycles. The normalized spacial score (nSPS) is 13.7. The van der Waals surface area contributed by atoms with Crippen molar-refractivity contribution in [3.8, 4) is 0 Å². The predicted molar refractivity (Wildman–Crippen MR) is 165 cm³/mol. The van der Waals surface area contributed by atoms with Crippen LogP contribution in [0, 0.1) is 0 Å². The largest absolute Gasteiger partial charge is 1.00 e. The van der Waals surface area contributed by atoms with Crippen LogP contribution in [0.2, 0.25) is 0 Å². The van der Waals surface area contributed by atoms with Gasteiger partial charge in [-0.25, -0.2) is 9.13 Å². The third-order valence-electron chi connectivity index (χ3n) is 5.91. The lowest BCUT2D eigenvalue weighted by atomic mass is 10.1. The molecule has 0 saturated heterocycles. The van der Waals surface area contributed by atoms with Crippen molar-refractivity contribution in [1.29, 1.82) is 0 Å². The average molecular weight is 665 g/mol. The zero-order chi connectivity index (χ0) is 27.6. The Balaban J connectivity index is 0.00000760. The lowest BCUT2D eigenvalue weighted by molar-refractivity contribution is -0.693. The Labute approximate surface area is 264 Å². The number of nitrogens with zero attached hydrogens (tertiary/aromatic N) is 2. The summed E-state index contributed by atoms with van der Waals surface area (Å²) < 4.78 is 4.32. The molecule has 2 rings (SSSR count). The van der Waals surface area contributed by atoms with Crippen molar-refractivity contribution < 1.29 is 43.1 Å². The number of pyridine rings is 2. The number of hydrogen-bond acceptors (Lipinski definition) is 0. The quantitative estimate of drug-likeness (QED) is 0.244. The zero-order valence-corrected chi connectivity index (χ0v) is 27.9. The Kier molecular flexibility index (Phi) is 20.0. The predicted octanol–water partition coefficient (Wildman–Crippen LogP) is 2.49. The fraction of sp³-hybridized carbons (Fsp3) is 0.222. The Morgan fingerprint density at radius 2 is 0.800 bits per heavy atom. The molecule has 0 aliphatic carbocycles. The van der Waals surface area contributed by atoms with Crippen molar-refractivity contribution in [3.05, 3.63) is 155 Å². The maximum atomic E-state index is 2.16. The van der Waals surface area contributed by atoms with E-state index in [2.05, 4.69) is 185 Å². The minimum Gasteiger partial charge on any atom is -1.00 e. The first-order chi connectivity index (χ1) is 18.4. The first-order valence-corrected chi connectivity index (χ1v) is 13.5. The molecule has 0 amide bonds. The van der Waals surface area contributed by atoms with Crippen LogP contribution in [0.1, 0.15) is 52.7 Å². The van der Waals surface area contributed by atoms with Gasteiger partial charge in [0.25, 0.3) is 0 Å². The number of aryl methyl sites for hydroxylation is 2. The molecule has 0 fully saturated rings. The first kappa shape index (κ1) is 36.9. The summed E-state index contributed by atoms with van der Waals surface area (Å²) in [5.74, 6) is 0. The van der Waals surface area contributed by atoms with E-state index < -0.39 is 0 Å². The Morgan fingerprint density at radius 1 is 0.500 bits per heavy atom. The van der Waals surface area contributed by atoms with Crippen LogP contribution in [0.3, 0.4) is 0 Å². The fourth-order valence-corrected chi connectivity index (χ4v) is 3.38. The number of aromatic nitrogens is 2. The van der Waals surface area contributed by atoms with E-state index in [1.165, 1.54) is 33.4 Å². The van der Waals surface area contributed by atoms with Crippen LogP contribution in [-0.4, -0.2) is 0 Å². The van der Waals surface area contributed by atoms with Crippen LogP contribution in [0.4, 0.5) is 0 Å². The maximum Gasteiger partial charge on any atom is 0.169 e. The summed E-state index contributed by atoms with van der Waals surface area (Å²) in [4.78, 5) is 0. The molecule has 0 aliphatic heterocycles. The molecule has 0 radical (unpaired) electrons. The van der Waals surface area contributed by atoms with Gasteiger partial charge in [-0.15, -0.1) is 0 Å². The minimum absolute atomic E-state index is 0. The monoisotopic (exact) mass is 662 g/mol. The van der Waals surface area contributed by atoms with Gasteiger partial charge >= 0.3 is 0 Å². The van der Waals surface area contributed by atoms with Gasteiger partial charge in [0.15, 0.2) is 24.8 Å². The van der Waals surface area contributed by atoms with E-state index in [4.69, 9.17) is 0 Å². The molecule has 4 heteroatoms. The number of halogens is 2. The van der Waals surface area contributed by atoms with E-state index in [0.717, 1.165) is 13.1 Å². The van der Waals surface area contributed by atoms with E-state index in [1.54, 1.807) is 0 Å². The summed E-state index contributed by atoms with van der Waals surface area (Å²) in [7, 11) is 0. The molecule has 2 aromatic rings. The minimum atomic E-state index is 0. The second-order valence-corrected chi connectivity index (χ2v) is 9.34. The number of hydrogen-bond donors (Lipinski definition) is 0. The van der Waals surface area contributed by atoms with Crippen molar-refractivity contribution in [2.75, 3.05) is 0 Å². The highest BCUT2D eigenvalue weighted by atomic mass is 79.9. The van der Waals surface area contributed by atoms with Crippen LogP contribution in [0.5, 0.6) is 0 Å². The summed E-state index contributed by atoms with van der Waals surface area (Å²) in [6.45, 7) is 14.7. The van der Waals surface area contributed by atoms with Crippen LogP contribution >= 0.6 is 0 Å². The number of rotatable bonds is 12. The van der Waals surface area contributed by atoms with Gasteiger partial charge in [0, 0.05) is 24.3 Å². The average Bonchev–Trinajstić information content (AvgIpc) is 2.93. The van der Waals surface area contributed by atoms with Gasteiger partial charge in [-0.2, -0.15) is 0 Å². The standard InChI is InChI=1S/C36H44N2.2BrH/c1-7-37-27-23-35(24-28-37)21-19-33(5)17-11-15-31(3)13-9-10-14-32(4)16-12-18-34(6)20-22-36-25-29-38(8-2)30-26-36;;/h9-30H,7-8H2,1-6H3;2*1H/q+2;;/p-2/b10-9+,15-11+,16-12+,21-19+,22-20+,31-13+,32-14+,33-17+,34-18+;;. The third-order valence-corrected chi connectivity index (χ3v) is 5.91. The van der Waals surface area contributed by atoms with E-state index in [0.29, 0.717) is 0 Å². The highest BCUT2D eigenvalue weighted by Gasteiger charge is 1.95. The molecular weight excluding hydrogens is 620 g/mol. The van der Waals surface area contributed by atoms with Crippen molar-refractivity contribution in [3.63, 3.8) is 0 Å². The Hall–Kier alpha value is -3.08. The summed E-state index contributed by atoms with van der Waals surface area (Å²) >= 11 is 0. The molecule has 0 bridgehead atoms. The second kappa shape index (κ2) is 21.7. The van der Waals surface area contributed by atoms with Crippen molar-refractivity contribution in [2.24, 2.45) is 0 Å². The van der Waals surface area contributed by atoms with Gasteiger partial charge in [0.05, 0.1) is 0 Å². The lowest BCUT2D eigenvalue weighted by Gasteiger charge is -1.94. The lowest BCUT2D eigenvalue weighted by Crippen LogP contribution is -3.00. The van der Waals surface area contributed by atoms with Gasteiger partial charge in [0.1, 0.15) is 13.1 Å².